The summed E-state index contributed by atoms with van der Waals surface area (Å²) in [6.07, 6.45) is 7.60. The lowest BCUT2D eigenvalue weighted by Crippen LogP contribution is -1.77. The Morgan fingerprint density at radius 3 is 2.45 bits per heavy atom. The van der Waals surface area contributed by atoms with Crippen molar-refractivity contribution in [1.29, 1.82) is 0 Å². The van der Waals surface area contributed by atoms with Crippen molar-refractivity contribution < 1.29 is 4.39 Å². The number of hydrogen-bond acceptors (Lipinski definition) is 0. The molecule has 0 heterocycles. The third-order valence-electron chi connectivity index (χ3n) is 1.79. The van der Waals surface area contributed by atoms with E-state index in [1.165, 1.54) is 31.4 Å². The molecule has 0 spiro atoms. The van der Waals surface area contributed by atoms with Crippen molar-refractivity contribution in [2.75, 3.05) is 0 Å². The third-order valence-corrected chi connectivity index (χ3v) is 1.79. The second kappa shape index (κ2) is 3.51. The van der Waals surface area contributed by atoms with Crippen molar-refractivity contribution >= 4 is 0 Å². The van der Waals surface area contributed by atoms with E-state index in [2.05, 4.69) is 6.58 Å². The van der Waals surface area contributed by atoms with Gasteiger partial charge in [0.15, 0.2) is 0 Å². The van der Waals surface area contributed by atoms with E-state index in [1.807, 2.05) is 12.2 Å². The van der Waals surface area contributed by atoms with Gasteiger partial charge in [-0.05, 0) is 37.3 Å². The third kappa shape index (κ3) is 2.71. The molecule has 60 valence electrons. The van der Waals surface area contributed by atoms with E-state index >= 15 is 0 Å². The fraction of sp³-hybridized carbons (Fsp3) is 0.400. The van der Waals surface area contributed by atoms with Crippen LogP contribution in [0.1, 0.15) is 19.8 Å². The molecular formula is C10H13F. The number of allylic oxidation sites excluding steroid dienone is 5. The normalized spacial score (nSPS) is 20.2. The van der Waals surface area contributed by atoms with Crippen LogP contribution < -0.4 is 0 Å². The average molecular weight is 152 g/mol. The van der Waals surface area contributed by atoms with Crippen LogP contribution >= 0.6 is 0 Å². The average Bonchev–Trinajstić information content (AvgIpc) is 2.72. The van der Waals surface area contributed by atoms with Gasteiger partial charge in [0.1, 0.15) is 0 Å². The summed E-state index contributed by atoms with van der Waals surface area (Å²) in [5.74, 6) is 0.507. The Bertz CT molecular complexity index is 203. The molecule has 0 aromatic carbocycles. The van der Waals surface area contributed by atoms with Gasteiger partial charge in [-0.15, -0.1) is 0 Å². The van der Waals surface area contributed by atoms with E-state index < -0.39 is 0 Å². The summed E-state index contributed by atoms with van der Waals surface area (Å²) < 4.78 is 12.3. The Labute approximate surface area is 67.1 Å². The molecule has 0 radical (unpaired) electrons. The van der Waals surface area contributed by atoms with Gasteiger partial charge in [0.2, 0.25) is 0 Å². The van der Waals surface area contributed by atoms with Crippen LogP contribution in [0.3, 0.4) is 0 Å². The second-order valence-electron chi connectivity index (χ2n) is 2.90. The highest BCUT2D eigenvalue weighted by Gasteiger charge is 2.23. The number of rotatable bonds is 3. The van der Waals surface area contributed by atoms with E-state index in [-0.39, 0.29) is 5.83 Å². The molecule has 0 atom stereocenters. The summed E-state index contributed by atoms with van der Waals surface area (Å²) in [7, 11) is 0. The van der Waals surface area contributed by atoms with Gasteiger partial charge >= 0.3 is 0 Å². The van der Waals surface area contributed by atoms with Crippen LogP contribution in [-0.4, -0.2) is 0 Å². The number of hydrogen-bond donors (Lipinski definition) is 0. The van der Waals surface area contributed by atoms with E-state index in [0.717, 1.165) is 0 Å². The monoisotopic (exact) mass is 152 g/mol. The van der Waals surface area contributed by atoms with Crippen molar-refractivity contribution in [1.82, 2.24) is 0 Å². The number of halogens is 1. The van der Waals surface area contributed by atoms with Gasteiger partial charge < -0.3 is 0 Å². The lowest BCUT2D eigenvalue weighted by Gasteiger charge is -1.93. The Morgan fingerprint density at radius 2 is 2.09 bits per heavy atom. The molecule has 0 saturated heterocycles. The highest BCUT2D eigenvalue weighted by molar-refractivity contribution is 5.28. The maximum atomic E-state index is 12.3. The minimum absolute atomic E-state index is 0.148. The first-order valence-corrected chi connectivity index (χ1v) is 3.90. The van der Waals surface area contributed by atoms with Gasteiger partial charge in [-0.2, -0.15) is 0 Å². The molecule has 1 rings (SSSR count). The predicted molar refractivity (Wildman–Crippen MR) is 45.9 cm³/mol. The van der Waals surface area contributed by atoms with Crippen LogP contribution in [0, 0.1) is 5.92 Å². The molecule has 0 unspecified atom stereocenters. The second-order valence-corrected chi connectivity index (χ2v) is 2.90. The van der Waals surface area contributed by atoms with Crippen molar-refractivity contribution in [3.8, 4) is 0 Å². The van der Waals surface area contributed by atoms with E-state index in [4.69, 9.17) is 0 Å². The summed E-state index contributed by atoms with van der Waals surface area (Å²) >= 11 is 0. The maximum absolute atomic E-state index is 12.3. The van der Waals surface area contributed by atoms with Crippen LogP contribution in [0.25, 0.3) is 0 Å². The largest absolute Gasteiger partial charge is 0.212 e. The Morgan fingerprint density at radius 1 is 1.45 bits per heavy atom. The summed E-state index contributed by atoms with van der Waals surface area (Å²) in [6, 6.07) is 0. The lowest BCUT2D eigenvalue weighted by molar-refractivity contribution is 0.640. The molecule has 0 nitrogen and oxygen atoms in total. The van der Waals surface area contributed by atoms with E-state index in [9.17, 15) is 4.39 Å². The fourth-order valence-corrected chi connectivity index (χ4v) is 0.999. The maximum Gasteiger partial charge on any atom is 0.0968 e. The summed E-state index contributed by atoms with van der Waals surface area (Å²) in [5, 5.41) is 0. The Hall–Kier alpha value is -0.850. The minimum atomic E-state index is -0.148. The molecule has 0 bridgehead atoms. The van der Waals surface area contributed by atoms with Crippen LogP contribution in [0.2, 0.25) is 0 Å². The van der Waals surface area contributed by atoms with Gasteiger partial charge in [-0.1, -0.05) is 18.7 Å². The van der Waals surface area contributed by atoms with Gasteiger partial charge in [0.05, 0.1) is 5.83 Å². The zero-order valence-corrected chi connectivity index (χ0v) is 6.81. The van der Waals surface area contributed by atoms with Gasteiger partial charge in [0, 0.05) is 0 Å². The molecule has 0 aliphatic heterocycles. The molecule has 1 saturated carbocycles. The zero-order valence-electron chi connectivity index (χ0n) is 6.81. The lowest BCUT2D eigenvalue weighted by atomic mass is 10.1. The fourth-order valence-electron chi connectivity index (χ4n) is 0.999. The predicted octanol–water partition coefficient (Wildman–Crippen LogP) is 3.38. The highest BCUT2D eigenvalue weighted by Crippen LogP contribution is 2.36. The molecule has 1 aliphatic carbocycles. The first-order valence-electron chi connectivity index (χ1n) is 3.90. The van der Waals surface area contributed by atoms with Crippen molar-refractivity contribution in [2.45, 2.75) is 19.8 Å². The topological polar surface area (TPSA) is 0 Å². The molecule has 0 aromatic rings. The Balaban J connectivity index is 2.59. The summed E-state index contributed by atoms with van der Waals surface area (Å²) in [5.41, 5.74) is 1.17. The van der Waals surface area contributed by atoms with Crippen LogP contribution in [-0.2, 0) is 0 Å². The molecule has 11 heavy (non-hydrogen) atoms. The molecule has 1 heteroatoms. The highest BCUT2D eigenvalue weighted by atomic mass is 19.1. The van der Waals surface area contributed by atoms with Gasteiger partial charge in [0.25, 0.3) is 0 Å². The Kier molecular flexibility index (Phi) is 2.64. The van der Waals surface area contributed by atoms with Crippen molar-refractivity contribution in [3.63, 3.8) is 0 Å². The SMILES string of the molecule is C=C/C(=C\C=C(/C)F)C1CC1. The van der Waals surface area contributed by atoms with Crippen LogP contribution in [0.4, 0.5) is 4.39 Å². The van der Waals surface area contributed by atoms with Gasteiger partial charge in [-0.25, -0.2) is 4.39 Å². The van der Waals surface area contributed by atoms with Crippen LogP contribution in [0.5, 0.6) is 0 Å². The van der Waals surface area contributed by atoms with E-state index in [1.54, 1.807) is 0 Å². The quantitative estimate of drug-likeness (QED) is 0.544. The molecule has 0 N–H and O–H groups in total. The zero-order chi connectivity index (χ0) is 8.27. The molecule has 1 aliphatic rings. The van der Waals surface area contributed by atoms with Crippen molar-refractivity contribution in [3.05, 3.63) is 36.2 Å². The smallest absolute Gasteiger partial charge is 0.0968 e. The van der Waals surface area contributed by atoms with E-state index in [0.29, 0.717) is 5.92 Å². The van der Waals surface area contributed by atoms with Crippen LogP contribution in [0.15, 0.2) is 36.2 Å². The standard InChI is InChI=1S/C10H13F/c1-3-9(10-6-7-10)5-4-8(2)11/h3-5,10H,1,6-7H2,2H3/b8-4+,9-5+. The molecule has 1 fully saturated rings. The van der Waals surface area contributed by atoms with Crippen molar-refractivity contribution in [2.24, 2.45) is 5.92 Å². The molecular weight excluding hydrogens is 139 g/mol. The summed E-state index contributed by atoms with van der Waals surface area (Å²) in [4.78, 5) is 0. The first kappa shape index (κ1) is 8.25. The molecule has 0 amide bonds. The van der Waals surface area contributed by atoms with Gasteiger partial charge in [-0.3, -0.25) is 0 Å². The summed E-state index contributed by atoms with van der Waals surface area (Å²) in [6.45, 7) is 5.13. The minimum Gasteiger partial charge on any atom is -0.212 e. The molecule has 0 aromatic heterocycles. The first-order chi connectivity index (χ1) is 5.24.